The summed E-state index contributed by atoms with van der Waals surface area (Å²) >= 11 is 0. The van der Waals surface area contributed by atoms with E-state index in [9.17, 15) is 4.79 Å². The standard InChI is InChI=1S/C13H20O2/c1-9-5-6-11-12(2,3)7-10(14)8-13(11,4)15-9/h6,9H,5,7-8H2,1-4H3/t9-,13+/m1/s1. The maximum atomic E-state index is 11.7. The summed E-state index contributed by atoms with van der Waals surface area (Å²) in [5.41, 5.74) is 0.966. The van der Waals surface area contributed by atoms with Gasteiger partial charge in [-0.1, -0.05) is 19.9 Å². The van der Waals surface area contributed by atoms with Gasteiger partial charge >= 0.3 is 0 Å². The van der Waals surface area contributed by atoms with Gasteiger partial charge in [-0.3, -0.25) is 4.79 Å². The lowest BCUT2D eigenvalue weighted by molar-refractivity contribution is -0.137. The van der Waals surface area contributed by atoms with Crippen molar-refractivity contribution in [1.29, 1.82) is 0 Å². The van der Waals surface area contributed by atoms with Crippen molar-refractivity contribution in [1.82, 2.24) is 0 Å². The smallest absolute Gasteiger partial charge is 0.136 e. The number of Topliss-reactive ketones (excluding diaryl/α,β-unsaturated/α-hetero) is 1. The largest absolute Gasteiger partial charge is 0.367 e. The number of hydrogen-bond donors (Lipinski definition) is 0. The van der Waals surface area contributed by atoms with Crippen LogP contribution in [0.3, 0.4) is 0 Å². The number of carbonyl (C=O) groups excluding carboxylic acids is 1. The summed E-state index contributed by atoms with van der Waals surface area (Å²) in [5, 5.41) is 0. The molecule has 0 aromatic carbocycles. The zero-order chi connectivity index (χ0) is 11.3. The Morgan fingerprint density at radius 2 is 2.00 bits per heavy atom. The van der Waals surface area contributed by atoms with Gasteiger partial charge in [-0.15, -0.1) is 0 Å². The van der Waals surface area contributed by atoms with Gasteiger partial charge in [-0.2, -0.15) is 0 Å². The molecule has 1 aliphatic heterocycles. The average Bonchev–Trinajstić information content (AvgIpc) is 1.97. The van der Waals surface area contributed by atoms with Gasteiger partial charge in [0.15, 0.2) is 0 Å². The van der Waals surface area contributed by atoms with E-state index in [1.54, 1.807) is 0 Å². The van der Waals surface area contributed by atoms with Crippen LogP contribution in [0.4, 0.5) is 0 Å². The van der Waals surface area contributed by atoms with Crippen LogP contribution in [-0.4, -0.2) is 17.5 Å². The molecular formula is C13H20O2. The second kappa shape index (κ2) is 3.18. The van der Waals surface area contributed by atoms with Crippen LogP contribution < -0.4 is 0 Å². The molecule has 0 radical (unpaired) electrons. The van der Waals surface area contributed by atoms with E-state index in [0.717, 1.165) is 6.42 Å². The highest BCUT2D eigenvalue weighted by Gasteiger charge is 2.47. The van der Waals surface area contributed by atoms with Crippen LogP contribution in [0.1, 0.15) is 47.0 Å². The van der Waals surface area contributed by atoms with Crippen molar-refractivity contribution in [3.05, 3.63) is 11.6 Å². The monoisotopic (exact) mass is 208 g/mol. The highest BCUT2D eigenvalue weighted by molar-refractivity contribution is 5.83. The van der Waals surface area contributed by atoms with Gasteiger partial charge in [-0.25, -0.2) is 0 Å². The molecule has 0 aromatic rings. The van der Waals surface area contributed by atoms with Gasteiger partial charge in [-0.05, 0) is 31.3 Å². The third-order valence-electron chi connectivity index (χ3n) is 3.59. The van der Waals surface area contributed by atoms with Crippen molar-refractivity contribution in [2.45, 2.75) is 58.7 Å². The lowest BCUT2D eigenvalue weighted by atomic mass is 9.64. The zero-order valence-corrected chi connectivity index (χ0v) is 10.1. The molecule has 2 heteroatoms. The first-order chi connectivity index (χ1) is 6.83. The molecule has 84 valence electrons. The minimum Gasteiger partial charge on any atom is -0.367 e. The van der Waals surface area contributed by atoms with Crippen molar-refractivity contribution in [3.63, 3.8) is 0 Å². The molecule has 2 rings (SSSR count). The molecule has 1 fully saturated rings. The topological polar surface area (TPSA) is 26.3 Å². The molecule has 15 heavy (non-hydrogen) atoms. The molecule has 2 nitrogen and oxygen atoms in total. The second-order valence-corrected chi connectivity index (χ2v) is 5.79. The number of fused-ring (bicyclic) bond motifs is 1. The molecule has 0 unspecified atom stereocenters. The summed E-state index contributed by atoms with van der Waals surface area (Å²) in [6.07, 6.45) is 4.71. The fraction of sp³-hybridized carbons (Fsp3) is 0.769. The first kappa shape index (κ1) is 10.9. The summed E-state index contributed by atoms with van der Waals surface area (Å²) in [4.78, 5) is 11.7. The van der Waals surface area contributed by atoms with Crippen molar-refractivity contribution in [3.8, 4) is 0 Å². The molecule has 1 saturated carbocycles. The number of ether oxygens (including phenoxy) is 1. The van der Waals surface area contributed by atoms with Crippen molar-refractivity contribution < 1.29 is 9.53 Å². The molecule has 2 aliphatic rings. The van der Waals surface area contributed by atoms with Gasteiger partial charge in [0.1, 0.15) is 5.78 Å². The van der Waals surface area contributed by atoms with E-state index in [2.05, 4.69) is 33.8 Å². The van der Waals surface area contributed by atoms with E-state index in [-0.39, 0.29) is 17.1 Å². The fourth-order valence-corrected chi connectivity index (χ4v) is 3.21. The molecule has 1 heterocycles. The molecule has 0 N–H and O–H groups in total. The average molecular weight is 208 g/mol. The van der Waals surface area contributed by atoms with E-state index in [1.807, 2.05) is 0 Å². The summed E-state index contributed by atoms with van der Waals surface area (Å²) in [6.45, 7) is 8.43. The first-order valence-electron chi connectivity index (χ1n) is 5.74. The Kier molecular flexibility index (Phi) is 2.30. The number of rotatable bonds is 0. The minimum absolute atomic E-state index is 0.0236. The highest BCUT2D eigenvalue weighted by atomic mass is 16.5. The van der Waals surface area contributed by atoms with Crippen molar-refractivity contribution in [2.75, 3.05) is 0 Å². The van der Waals surface area contributed by atoms with Crippen molar-refractivity contribution in [2.24, 2.45) is 5.41 Å². The Morgan fingerprint density at radius 1 is 1.33 bits per heavy atom. The third-order valence-corrected chi connectivity index (χ3v) is 3.59. The normalized spacial score (nSPS) is 39.6. The van der Waals surface area contributed by atoms with E-state index in [1.165, 1.54) is 5.57 Å². The maximum Gasteiger partial charge on any atom is 0.136 e. The van der Waals surface area contributed by atoms with Crippen LogP contribution in [0, 0.1) is 5.41 Å². The quantitative estimate of drug-likeness (QED) is 0.572. The highest BCUT2D eigenvalue weighted by Crippen LogP contribution is 2.48. The predicted molar refractivity (Wildman–Crippen MR) is 59.7 cm³/mol. The predicted octanol–water partition coefficient (Wildman–Crippen LogP) is 2.87. The summed E-state index contributed by atoms with van der Waals surface area (Å²) in [5.74, 6) is 0.328. The Balaban J connectivity index is 2.41. The van der Waals surface area contributed by atoms with Gasteiger partial charge in [0.2, 0.25) is 0 Å². The van der Waals surface area contributed by atoms with Crippen LogP contribution in [0.25, 0.3) is 0 Å². The lowest BCUT2D eigenvalue weighted by Gasteiger charge is -2.48. The van der Waals surface area contributed by atoms with Gasteiger partial charge < -0.3 is 4.74 Å². The molecule has 2 atom stereocenters. The molecule has 0 saturated heterocycles. The van der Waals surface area contributed by atoms with Crippen LogP contribution in [0.5, 0.6) is 0 Å². The second-order valence-electron chi connectivity index (χ2n) is 5.79. The van der Waals surface area contributed by atoms with Crippen LogP contribution in [-0.2, 0) is 9.53 Å². The Bertz CT molecular complexity index is 327. The Morgan fingerprint density at radius 3 is 2.67 bits per heavy atom. The minimum atomic E-state index is -0.337. The van der Waals surface area contributed by atoms with Crippen LogP contribution in [0.2, 0.25) is 0 Å². The SMILES string of the molecule is C[C@@H]1CC=C2C(C)(C)CC(=O)C[C@]2(C)O1. The van der Waals surface area contributed by atoms with E-state index < -0.39 is 0 Å². The molecule has 0 spiro atoms. The zero-order valence-electron chi connectivity index (χ0n) is 10.1. The summed E-state index contributed by atoms with van der Waals surface area (Å²) in [7, 11) is 0. The Labute approximate surface area is 91.7 Å². The van der Waals surface area contributed by atoms with E-state index in [0.29, 0.717) is 18.6 Å². The molecule has 0 aromatic heterocycles. The lowest BCUT2D eigenvalue weighted by Crippen LogP contribution is -2.49. The van der Waals surface area contributed by atoms with E-state index >= 15 is 0 Å². The molecular weight excluding hydrogens is 188 g/mol. The number of ketones is 1. The summed E-state index contributed by atoms with van der Waals surface area (Å²) < 4.78 is 5.99. The van der Waals surface area contributed by atoms with Gasteiger partial charge in [0.25, 0.3) is 0 Å². The van der Waals surface area contributed by atoms with Crippen molar-refractivity contribution >= 4 is 5.78 Å². The van der Waals surface area contributed by atoms with Crippen LogP contribution in [0.15, 0.2) is 11.6 Å². The Hall–Kier alpha value is -0.630. The van der Waals surface area contributed by atoms with Crippen LogP contribution >= 0.6 is 0 Å². The number of hydrogen-bond acceptors (Lipinski definition) is 2. The molecule has 0 bridgehead atoms. The number of carbonyl (C=O) groups is 1. The third kappa shape index (κ3) is 1.76. The summed E-state index contributed by atoms with van der Waals surface area (Å²) in [6, 6.07) is 0. The van der Waals surface area contributed by atoms with Gasteiger partial charge in [0.05, 0.1) is 11.7 Å². The van der Waals surface area contributed by atoms with Gasteiger partial charge in [0, 0.05) is 12.8 Å². The van der Waals surface area contributed by atoms with E-state index in [4.69, 9.17) is 4.74 Å². The molecule has 1 aliphatic carbocycles. The fourth-order valence-electron chi connectivity index (χ4n) is 3.21. The first-order valence-corrected chi connectivity index (χ1v) is 5.74. The maximum absolute atomic E-state index is 11.7. The molecule has 0 amide bonds.